The van der Waals surface area contributed by atoms with Crippen LogP contribution in [0.1, 0.15) is 10.4 Å². The maximum Gasteiger partial charge on any atom is 0.260 e. The van der Waals surface area contributed by atoms with Crippen LogP contribution in [0.5, 0.6) is 5.75 Å². The summed E-state index contributed by atoms with van der Waals surface area (Å²) in [5, 5.41) is 2.55. The molecule has 0 saturated carbocycles. The zero-order valence-corrected chi connectivity index (χ0v) is 13.1. The van der Waals surface area contributed by atoms with Crippen LogP contribution < -0.4 is 10.1 Å². The van der Waals surface area contributed by atoms with Gasteiger partial charge in [-0.05, 0) is 18.2 Å². The van der Waals surface area contributed by atoms with Crippen LogP contribution in [0.4, 0.5) is 13.9 Å². The van der Waals surface area contributed by atoms with E-state index in [0.29, 0.717) is 17.1 Å². The average Bonchev–Trinajstić information content (AvgIpc) is 3.06. The van der Waals surface area contributed by atoms with E-state index < -0.39 is 23.2 Å². The van der Waals surface area contributed by atoms with Crippen LogP contribution in [-0.4, -0.2) is 27.4 Å². The summed E-state index contributed by atoms with van der Waals surface area (Å²) in [5.74, 6) is -2.45. The number of amides is 1. The molecule has 0 unspecified atom stereocenters. The maximum atomic E-state index is 13.6. The molecule has 0 bridgehead atoms. The number of hydrogen-bond acceptors (Lipinski definition) is 6. The lowest BCUT2D eigenvalue weighted by Crippen LogP contribution is -2.14. The van der Waals surface area contributed by atoms with Crippen molar-refractivity contribution >= 4 is 22.6 Å². The second-order valence-corrected chi connectivity index (χ2v) is 5.32. The number of anilines is 1. The number of pyridine rings is 1. The molecule has 1 aromatic carbocycles. The number of nitrogens with one attached hydrogen (secondary N) is 1. The fourth-order valence-electron chi connectivity index (χ4n) is 1.91. The number of carbonyl (C=O) groups is 1. The van der Waals surface area contributed by atoms with E-state index in [9.17, 15) is 13.6 Å². The highest BCUT2D eigenvalue weighted by molar-refractivity contribution is 7.10. The highest BCUT2D eigenvalue weighted by Gasteiger charge is 2.18. The number of rotatable bonds is 4. The molecule has 6 nitrogen and oxygen atoms in total. The Morgan fingerprint density at radius 3 is 2.92 bits per heavy atom. The standard InChI is InChI=1S/C15H10F2N4O2S/c1-23-9-4-2-3-8(7-9)13-19-15(24-21-13)20-14(22)10-5-6-18-12(17)11(10)16/h2-7H,1H3,(H,19,20,21,22). The topological polar surface area (TPSA) is 77.0 Å². The van der Waals surface area contributed by atoms with E-state index in [1.54, 1.807) is 31.4 Å². The number of nitrogens with zero attached hydrogens (tertiary/aromatic N) is 3. The lowest BCUT2D eigenvalue weighted by Gasteiger charge is -2.02. The van der Waals surface area contributed by atoms with Crippen molar-refractivity contribution in [3.8, 4) is 17.1 Å². The number of halogens is 2. The third kappa shape index (κ3) is 3.20. The molecule has 0 aliphatic rings. The van der Waals surface area contributed by atoms with Crippen LogP contribution in [0, 0.1) is 11.8 Å². The fraction of sp³-hybridized carbons (Fsp3) is 0.0667. The molecule has 0 fully saturated rings. The molecule has 3 aromatic rings. The molecule has 9 heteroatoms. The lowest BCUT2D eigenvalue weighted by atomic mass is 10.2. The van der Waals surface area contributed by atoms with E-state index in [-0.39, 0.29) is 5.13 Å². The summed E-state index contributed by atoms with van der Waals surface area (Å²) in [5.41, 5.74) is 0.243. The quantitative estimate of drug-likeness (QED) is 0.733. The number of ether oxygens (including phenoxy) is 1. The molecule has 2 heterocycles. The van der Waals surface area contributed by atoms with Crippen molar-refractivity contribution in [2.24, 2.45) is 0 Å². The van der Waals surface area contributed by atoms with Crippen LogP contribution in [0.25, 0.3) is 11.4 Å². The Bertz CT molecular complexity index is 901. The molecule has 24 heavy (non-hydrogen) atoms. The molecule has 0 spiro atoms. The Balaban J connectivity index is 1.81. The van der Waals surface area contributed by atoms with E-state index in [1.807, 2.05) is 0 Å². The van der Waals surface area contributed by atoms with E-state index in [2.05, 4.69) is 19.7 Å². The molecule has 122 valence electrons. The van der Waals surface area contributed by atoms with Crippen LogP contribution >= 0.6 is 11.5 Å². The van der Waals surface area contributed by atoms with E-state index in [1.165, 1.54) is 0 Å². The number of methoxy groups -OCH3 is 1. The Hall–Kier alpha value is -2.94. The summed E-state index contributed by atoms with van der Waals surface area (Å²) < 4.78 is 35.9. The molecule has 0 radical (unpaired) electrons. The van der Waals surface area contributed by atoms with Crippen molar-refractivity contribution in [1.82, 2.24) is 14.3 Å². The highest BCUT2D eigenvalue weighted by Crippen LogP contribution is 2.25. The van der Waals surface area contributed by atoms with Gasteiger partial charge >= 0.3 is 0 Å². The van der Waals surface area contributed by atoms with E-state index >= 15 is 0 Å². The van der Waals surface area contributed by atoms with E-state index in [0.717, 1.165) is 23.8 Å². The Kier molecular flexibility index (Phi) is 4.43. The molecule has 0 atom stereocenters. The lowest BCUT2D eigenvalue weighted by molar-refractivity contribution is 0.102. The minimum Gasteiger partial charge on any atom is -0.497 e. The predicted molar refractivity (Wildman–Crippen MR) is 84.0 cm³/mol. The smallest absolute Gasteiger partial charge is 0.260 e. The van der Waals surface area contributed by atoms with Gasteiger partial charge in [0.2, 0.25) is 11.1 Å². The molecule has 2 aromatic heterocycles. The molecular weight excluding hydrogens is 338 g/mol. The van der Waals surface area contributed by atoms with Crippen molar-refractivity contribution in [2.75, 3.05) is 12.4 Å². The zero-order chi connectivity index (χ0) is 17.1. The van der Waals surface area contributed by atoms with Crippen LogP contribution in [0.3, 0.4) is 0 Å². The molecular formula is C15H10F2N4O2S. The Labute approximate surface area is 139 Å². The fourth-order valence-corrected chi connectivity index (χ4v) is 2.50. The van der Waals surface area contributed by atoms with Gasteiger partial charge in [-0.2, -0.15) is 13.7 Å². The van der Waals surface area contributed by atoms with Gasteiger partial charge in [0, 0.05) is 23.3 Å². The average molecular weight is 348 g/mol. The second-order valence-electron chi connectivity index (χ2n) is 4.57. The van der Waals surface area contributed by atoms with Crippen molar-refractivity contribution in [3.05, 3.63) is 53.9 Å². The monoisotopic (exact) mass is 348 g/mol. The van der Waals surface area contributed by atoms with Gasteiger partial charge in [-0.25, -0.2) is 9.37 Å². The van der Waals surface area contributed by atoms with Crippen LogP contribution in [0.15, 0.2) is 36.5 Å². The van der Waals surface area contributed by atoms with Gasteiger partial charge in [0.25, 0.3) is 5.91 Å². The van der Waals surface area contributed by atoms with Crippen LogP contribution in [0.2, 0.25) is 0 Å². The van der Waals surface area contributed by atoms with Crippen molar-refractivity contribution in [3.63, 3.8) is 0 Å². The molecule has 1 amide bonds. The number of carbonyl (C=O) groups excluding carboxylic acids is 1. The van der Waals surface area contributed by atoms with Gasteiger partial charge in [0.15, 0.2) is 11.6 Å². The third-order valence-electron chi connectivity index (χ3n) is 3.07. The van der Waals surface area contributed by atoms with Crippen molar-refractivity contribution in [2.45, 2.75) is 0 Å². The molecule has 0 aliphatic carbocycles. The minimum absolute atomic E-state index is 0.162. The number of benzene rings is 1. The molecule has 0 saturated heterocycles. The summed E-state index contributed by atoms with van der Waals surface area (Å²) in [7, 11) is 1.54. The number of hydrogen-bond donors (Lipinski definition) is 1. The highest BCUT2D eigenvalue weighted by atomic mass is 32.1. The van der Waals surface area contributed by atoms with E-state index in [4.69, 9.17) is 4.74 Å². The van der Waals surface area contributed by atoms with Gasteiger partial charge in [0.1, 0.15) is 5.75 Å². The third-order valence-corrected chi connectivity index (χ3v) is 3.70. The summed E-state index contributed by atoms with van der Waals surface area (Å²) in [6, 6.07) is 8.17. The van der Waals surface area contributed by atoms with Gasteiger partial charge in [-0.15, -0.1) is 0 Å². The number of aromatic nitrogens is 3. The van der Waals surface area contributed by atoms with Gasteiger partial charge in [-0.3, -0.25) is 10.1 Å². The SMILES string of the molecule is COc1cccc(-c2nsc(NC(=O)c3ccnc(F)c3F)n2)c1. The maximum absolute atomic E-state index is 13.6. The zero-order valence-electron chi connectivity index (χ0n) is 12.3. The minimum atomic E-state index is -1.34. The first-order valence-electron chi connectivity index (χ1n) is 6.68. The van der Waals surface area contributed by atoms with Gasteiger partial charge in [-0.1, -0.05) is 12.1 Å². The van der Waals surface area contributed by atoms with Crippen molar-refractivity contribution in [1.29, 1.82) is 0 Å². The summed E-state index contributed by atoms with van der Waals surface area (Å²) in [4.78, 5) is 19.3. The Morgan fingerprint density at radius 1 is 1.29 bits per heavy atom. The summed E-state index contributed by atoms with van der Waals surface area (Å²) in [6.07, 6.45) is 1.01. The van der Waals surface area contributed by atoms with Gasteiger partial charge < -0.3 is 4.74 Å². The molecule has 0 aliphatic heterocycles. The Morgan fingerprint density at radius 2 is 2.12 bits per heavy atom. The first-order valence-corrected chi connectivity index (χ1v) is 7.45. The summed E-state index contributed by atoms with van der Waals surface area (Å²) in [6.45, 7) is 0. The largest absolute Gasteiger partial charge is 0.497 e. The van der Waals surface area contributed by atoms with Crippen molar-refractivity contribution < 1.29 is 18.3 Å². The first kappa shape index (κ1) is 15.9. The second kappa shape index (κ2) is 6.67. The predicted octanol–water partition coefficient (Wildman–Crippen LogP) is 3.14. The molecule has 3 rings (SSSR count). The summed E-state index contributed by atoms with van der Waals surface area (Å²) >= 11 is 0.925. The van der Waals surface area contributed by atoms with Crippen LogP contribution in [-0.2, 0) is 0 Å². The van der Waals surface area contributed by atoms with Gasteiger partial charge in [0.05, 0.1) is 12.7 Å². The molecule has 1 N–H and O–H groups in total. The normalized spacial score (nSPS) is 10.5. The first-order chi connectivity index (χ1) is 11.6.